The van der Waals surface area contributed by atoms with Crippen molar-refractivity contribution >= 4 is 11.8 Å². The number of nitrogens with one attached hydrogen (secondary N) is 2. The molecule has 1 aliphatic carbocycles. The normalized spacial score (nSPS) is 20.9. The molecule has 0 aromatic rings. The van der Waals surface area contributed by atoms with Crippen LogP contribution in [0.15, 0.2) is 0 Å². The lowest BCUT2D eigenvalue weighted by molar-refractivity contribution is -0.125. The van der Waals surface area contributed by atoms with Gasteiger partial charge in [-0.25, -0.2) is 0 Å². The minimum atomic E-state index is 0.0833. The van der Waals surface area contributed by atoms with Crippen molar-refractivity contribution < 1.29 is 9.59 Å². The van der Waals surface area contributed by atoms with Crippen LogP contribution in [0, 0.1) is 0 Å². The molecule has 0 radical (unpaired) electrons. The molecular formula is C14H26N4O2. The first kappa shape index (κ1) is 15.3. The number of amides is 2. The minimum Gasteiger partial charge on any atom is -0.353 e. The first-order chi connectivity index (χ1) is 9.52. The van der Waals surface area contributed by atoms with E-state index in [-0.39, 0.29) is 17.9 Å². The van der Waals surface area contributed by atoms with Gasteiger partial charge >= 0.3 is 0 Å². The van der Waals surface area contributed by atoms with Gasteiger partial charge in [-0.1, -0.05) is 0 Å². The van der Waals surface area contributed by atoms with Gasteiger partial charge in [-0.05, 0) is 26.7 Å². The highest BCUT2D eigenvalue weighted by Crippen LogP contribution is 2.18. The smallest absolute Gasteiger partial charge is 0.234 e. The van der Waals surface area contributed by atoms with Crippen LogP contribution in [0.2, 0.25) is 0 Å². The highest BCUT2D eigenvalue weighted by Gasteiger charge is 2.25. The molecule has 20 heavy (non-hydrogen) atoms. The van der Waals surface area contributed by atoms with Crippen molar-refractivity contribution in [2.45, 2.75) is 38.8 Å². The van der Waals surface area contributed by atoms with Crippen molar-refractivity contribution in [3.05, 3.63) is 0 Å². The summed E-state index contributed by atoms with van der Waals surface area (Å²) < 4.78 is 0. The quantitative estimate of drug-likeness (QED) is 0.683. The van der Waals surface area contributed by atoms with E-state index in [1.165, 1.54) is 0 Å². The largest absolute Gasteiger partial charge is 0.353 e. The highest BCUT2D eigenvalue weighted by molar-refractivity contribution is 5.79. The van der Waals surface area contributed by atoms with Gasteiger partial charge in [0.2, 0.25) is 11.8 Å². The van der Waals surface area contributed by atoms with E-state index in [0.717, 1.165) is 39.0 Å². The Morgan fingerprint density at radius 3 is 1.95 bits per heavy atom. The summed E-state index contributed by atoms with van der Waals surface area (Å²) in [5.74, 6) is 0.221. The van der Waals surface area contributed by atoms with Crippen LogP contribution in [-0.2, 0) is 9.59 Å². The fourth-order valence-corrected chi connectivity index (χ4v) is 2.38. The predicted octanol–water partition coefficient (Wildman–Crippen LogP) is -0.593. The second kappa shape index (κ2) is 7.04. The van der Waals surface area contributed by atoms with Gasteiger partial charge in [-0.15, -0.1) is 0 Å². The maximum Gasteiger partial charge on any atom is 0.234 e. The van der Waals surface area contributed by atoms with E-state index >= 15 is 0 Å². The first-order valence-electron chi connectivity index (χ1n) is 7.56. The summed E-state index contributed by atoms with van der Waals surface area (Å²) in [5, 5.41) is 5.91. The van der Waals surface area contributed by atoms with Crippen LogP contribution in [0.1, 0.15) is 26.7 Å². The average molecular weight is 282 g/mol. The van der Waals surface area contributed by atoms with Crippen LogP contribution >= 0.6 is 0 Å². The number of rotatable bonds is 6. The summed E-state index contributed by atoms with van der Waals surface area (Å²) in [5.41, 5.74) is 0. The van der Waals surface area contributed by atoms with E-state index in [4.69, 9.17) is 0 Å². The molecular weight excluding hydrogens is 256 g/mol. The van der Waals surface area contributed by atoms with Crippen LogP contribution < -0.4 is 10.6 Å². The zero-order valence-electron chi connectivity index (χ0n) is 12.5. The summed E-state index contributed by atoms with van der Waals surface area (Å²) in [6.07, 6.45) is 2.26. The van der Waals surface area contributed by atoms with Gasteiger partial charge in [0.05, 0.1) is 13.1 Å². The van der Waals surface area contributed by atoms with Crippen LogP contribution in [0.3, 0.4) is 0 Å². The molecule has 1 saturated heterocycles. The lowest BCUT2D eigenvalue weighted by Crippen LogP contribution is -2.52. The van der Waals surface area contributed by atoms with E-state index < -0.39 is 0 Å². The third kappa shape index (κ3) is 5.46. The number of hydrogen-bond acceptors (Lipinski definition) is 4. The van der Waals surface area contributed by atoms with Crippen molar-refractivity contribution in [2.24, 2.45) is 0 Å². The Balaban J connectivity index is 1.61. The molecule has 2 fully saturated rings. The van der Waals surface area contributed by atoms with Gasteiger partial charge in [-0.3, -0.25) is 19.4 Å². The van der Waals surface area contributed by atoms with Crippen molar-refractivity contribution in [1.29, 1.82) is 0 Å². The molecule has 0 aromatic carbocycles. The van der Waals surface area contributed by atoms with Crippen molar-refractivity contribution in [3.8, 4) is 0 Å². The van der Waals surface area contributed by atoms with Gasteiger partial charge in [-0.2, -0.15) is 0 Å². The molecule has 1 heterocycles. The van der Waals surface area contributed by atoms with Crippen LogP contribution in [0.25, 0.3) is 0 Å². The third-order valence-corrected chi connectivity index (χ3v) is 3.59. The Morgan fingerprint density at radius 1 is 1.00 bits per heavy atom. The van der Waals surface area contributed by atoms with E-state index in [0.29, 0.717) is 19.1 Å². The van der Waals surface area contributed by atoms with Gasteiger partial charge in [0.25, 0.3) is 0 Å². The number of hydrogen-bond donors (Lipinski definition) is 2. The zero-order chi connectivity index (χ0) is 14.5. The molecule has 114 valence electrons. The maximum absolute atomic E-state index is 11.7. The standard InChI is InChI=1S/C14H26N4O2/c1-11(2)15-13(19)9-17-5-7-18(8-6-17)10-14(20)16-12-3-4-12/h11-12H,3-10H2,1-2H3,(H,15,19)(H,16,20). The fraction of sp³-hybridized carbons (Fsp3) is 0.857. The van der Waals surface area contributed by atoms with Crippen LogP contribution in [-0.4, -0.2) is 73.0 Å². The lowest BCUT2D eigenvalue weighted by Gasteiger charge is -2.33. The topological polar surface area (TPSA) is 64.7 Å². The Hall–Kier alpha value is -1.14. The van der Waals surface area contributed by atoms with Gasteiger partial charge in [0, 0.05) is 38.3 Å². The molecule has 0 spiro atoms. The molecule has 2 N–H and O–H groups in total. The predicted molar refractivity (Wildman–Crippen MR) is 77.3 cm³/mol. The Kier molecular flexibility index (Phi) is 5.37. The van der Waals surface area contributed by atoms with E-state index in [2.05, 4.69) is 20.4 Å². The Morgan fingerprint density at radius 2 is 1.50 bits per heavy atom. The minimum absolute atomic E-state index is 0.0833. The second-order valence-corrected chi connectivity index (χ2v) is 6.12. The number of nitrogens with zero attached hydrogens (tertiary/aromatic N) is 2. The molecule has 0 unspecified atom stereocenters. The zero-order valence-corrected chi connectivity index (χ0v) is 12.5. The molecule has 0 atom stereocenters. The molecule has 0 bridgehead atoms. The molecule has 0 aromatic heterocycles. The maximum atomic E-state index is 11.7. The van der Waals surface area contributed by atoms with Gasteiger partial charge in [0.15, 0.2) is 0 Å². The van der Waals surface area contributed by atoms with Crippen molar-refractivity contribution in [2.75, 3.05) is 39.3 Å². The lowest BCUT2D eigenvalue weighted by atomic mass is 10.3. The van der Waals surface area contributed by atoms with Crippen molar-refractivity contribution in [3.63, 3.8) is 0 Å². The van der Waals surface area contributed by atoms with Gasteiger partial charge < -0.3 is 10.6 Å². The average Bonchev–Trinajstić information content (AvgIpc) is 3.14. The summed E-state index contributed by atoms with van der Waals surface area (Å²) in [6.45, 7) is 8.29. The van der Waals surface area contributed by atoms with E-state index in [1.807, 2.05) is 13.8 Å². The molecule has 6 nitrogen and oxygen atoms in total. The monoisotopic (exact) mass is 282 g/mol. The Labute approximate surface area is 120 Å². The molecule has 6 heteroatoms. The summed E-state index contributed by atoms with van der Waals surface area (Å²) >= 11 is 0. The molecule has 1 aliphatic heterocycles. The molecule has 2 rings (SSSR count). The molecule has 2 aliphatic rings. The number of piperazine rings is 1. The summed E-state index contributed by atoms with van der Waals surface area (Å²) in [6, 6.07) is 0.624. The van der Waals surface area contributed by atoms with E-state index in [9.17, 15) is 9.59 Å². The van der Waals surface area contributed by atoms with Crippen molar-refractivity contribution in [1.82, 2.24) is 20.4 Å². The number of carbonyl (C=O) groups excluding carboxylic acids is 2. The molecule has 2 amide bonds. The number of carbonyl (C=O) groups is 2. The third-order valence-electron chi connectivity index (χ3n) is 3.59. The fourth-order valence-electron chi connectivity index (χ4n) is 2.38. The van der Waals surface area contributed by atoms with Crippen LogP contribution in [0.4, 0.5) is 0 Å². The SMILES string of the molecule is CC(C)NC(=O)CN1CCN(CC(=O)NC2CC2)CC1. The highest BCUT2D eigenvalue weighted by atomic mass is 16.2. The second-order valence-electron chi connectivity index (χ2n) is 6.12. The van der Waals surface area contributed by atoms with E-state index in [1.54, 1.807) is 0 Å². The molecule has 1 saturated carbocycles. The summed E-state index contributed by atoms with van der Waals surface area (Å²) in [7, 11) is 0. The Bertz CT molecular complexity index is 321. The summed E-state index contributed by atoms with van der Waals surface area (Å²) in [4.78, 5) is 27.7. The first-order valence-corrected chi connectivity index (χ1v) is 7.56. The van der Waals surface area contributed by atoms with Crippen LogP contribution in [0.5, 0.6) is 0 Å². The van der Waals surface area contributed by atoms with Gasteiger partial charge in [0.1, 0.15) is 0 Å².